The Labute approximate surface area is 137 Å². The van der Waals surface area contributed by atoms with Crippen LogP contribution in [0.15, 0.2) is 60.7 Å². The van der Waals surface area contributed by atoms with Crippen LogP contribution >= 0.6 is 0 Å². The molecule has 3 rings (SSSR count). The van der Waals surface area contributed by atoms with E-state index in [1.165, 1.54) is 5.56 Å². The number of Topliss-reactive ketones (excluding diaryl/α,β-unsaturated/α-hetero) is 1. The van der Waals surface area contributed by atoms with Crippen molar-refractivity contribution in [3.63, 3.8) is 0 Å². The van der Waals surface area contributed by atoms with E-state index in [1.54, 1.807) is 0 Å². The molecule has 0 aromatic heterocycles. The molecule has 23 heavy (non-hydrogen) atoms. The van der Waals surface area contributed by atoms with Crippen LogP contribution in [0, 0.1) is 0 Å². The van der Waals surface area contributed by atoms with Gasteiger partial charge in [-0.2, -0.15) is 0 Å². The number of rotatable bonds is 5. The highest BCUT2D eigenvalue weighted by Gasteiger charge is 2.44. The Bertz CT molecular complexity index is 649. The molecule has 2 aromatic carbocycles. The van der Waals surface area contributed by atoms with Gasteiger partial charge >= 0.3 is 0 Å². The van der Waals surface area contributed by atoms with Crippen LogP contribution in [0.1, 0.15) is 36.2 Å². The van der Waals surface area contributed by atoms with Gasteiger partial charge in [-0.1, -0.05) is 60.7 Å². The summed E-state index contributed by atoms with van der Waals surface area (Å²) in [6.45, 7) is 3.72. The molecule has 0 radical (unpaired) electrons. The van der Waals surface area contributed by atoms with Crippen LogP contribution < -0.4 is 0 Å². The number of hydrogen-bond donors (Lipinski definition) is 0. The third-order valence-electron chi connectivity index (χ3n) is 4.06. The van der Waals surface area contributed by atoms with E-state index in [9.17, 15) is 4.79 Å². The highest BCUT2D eigenvalue weighted by Crippen LogP contribution is 2.32. The van der Waals surface area contributed by atoms with Gasteiger partial charge in [-0.05, 0) is 32.3 Å². The normalized spacial score (nSPS) is 22.9. The molecule has 0 aliphatic carbocycles. The molecule has 3 nitrogen and oxygen atoms in total. The van der Waals surface area contributed by atoms with E-state index < -0.39 is 11.9 Å². The molecule has 0 spiro atoms. The average Bonchev–Trinajstić information content (AvgIpc) is 2.89. The highest BCUT2D eigenvalue weighted by molar-refractivity contribution is 6.00. The second-order valence-corrected chi connectivity index (χ2v) is 6.35. The summed E-state index contributed by atoms with van der Waals surface area (Å²) >= 11 is 0. The lowest BCUT2D eigenvalue weighted by Gasteiger charge is -2.16. The molecule has 1 fully saturated rings. The molecule has 0 unspecified atom stereocenters. The van der Waals surface area contributed by atoms with Crippen molar-refractivity contribution in [2.75, 3.05) is 0 Å². The summed E-state index contributed by atoms with van der Waals surface area (Å²) in [5.41, 5.74) is 1.91. The Kier molecular flexibility index (Phi) is 4.60. The summed E-state index contributed by atoms with van der Waals surface area (Å²) in [6.07, 6.45) is 0.856. The molecule has 1 aliphatic rings. The van der Waals surface area contributed by atoms with Gasteiger partial charge in [0.1, 0.15) is 6.10 Å². The first-order valence-corrected chi connectivity index (χ1v) is 8.04. The molecule has 0 N–H and O–H groups in total. The lowest BCUT2D eigenvalue weighted by molar-refractivity contribution is -0.143. The highest BCUT2D eigenvalue weighted by atomic mass is 16.8. The fourth-order valence-electron chi connectivity index (χ4n) is 2.99. The Morgan fingerprint density at radius 1 is 0.957 bits per heavy atom. The van der Waals surface area contributed by atoms with Gasteiger partial charge in [0.15, 0.2) is 11.6 Å². The second-order valence-electron chi connectivity index (χ2n) is 6.35. The van der Waals surface area contributed by atoms with Gasteiger partial charge in [-0.3, -0.25) is 4.79 Å². The third-order valence-corrected chi connectivity index (χ3v) is 4.06. The van der Waals surface area contributed by atoms with Crippen molar-refractivity contribution in [2.24, 2.45) is 0 Å². The van der Waals surface area contributed by atoms with Crippen LogP contribution in [0.25, 0.3) is 0 Å². The fraction of sp³-hybridized carbons (Fsp3) is 0.350. The SMILES string of the molecule is CC1(C)O[C@H](CCc2ccccc2)[C@H](C(=O)c2ccccc2)O1. The second kappa shape index (κ2) is 6.65. The van der Waals surface area contributed by atoms with E-state index in [0.717, 1.165) is 12.8 Å². The Balaban J connectivity index is 1.73. The third kappa shape index (κ3) is 3.87. The molecule has 120 valence electrons. The van der Waals surface area contributed by atoms with Crippen LogP contribution in [0.2, 0.25) is 0 Å². The standard InChI is InChI=1S/C20H22O3/c1-20(2)22-17(14-13-15-9-5-3-6-10-15)19(23-20)18(21)16-11-7-4-8-12-16/h3-12,17,19H,13-14H2,1-2H3/t17-,19-/m1/s1. The summed E-state index contributed by atoms with van der Waals surface area (Å²) in [5.74, 6) is -0.731. The quantitative estimate of drug-likeness (QED) is 0.782. The minimum Gasteiger partial charge on any atom is -0.344 e. The monoisotopic (exact) mass is 310 g/mol. The molecule has 1 saturated heterocycles. The zero-order valence-electron chi connectivity index (χ0n) is 13.6. The topological polar surface area (TPSA) is 35.5 Å². The van der Waals surface area contributed by atoms with Crippen molar-refractivity contribution < 1.29 is 14.3 Å². The predicted octanol–water partition coefficient (Wildman–Crippen LogP) is 4.02. The molecule has 2 atom stereocenters. The maximum Gasteiger partial charge on any atom is 0.194 e. The molecule has 1 heterocycles. The lowest BCUT2D eigenvalue weighted by atomic mass is 9.98. The Morgan fingerprint density at radius 3 is 2.22 bits per heavy atom. The van der Waals surface area contributed by atoms with E-state index in [1.807, 2.05) is 62.4 Å². The van der Waals surface area contributed by atoms with Gasteiger partial charge in [0.25, 0.3) is 0 Å². The minimum absolute atomic E-state index is 0.00534. The van der Waals surface area contributed by atoms with Crippen molar-refractivity contribution in [1.82, 2.24) is 0 Å². The van der Waals surface area contributed by atoms with Crippen molar-refractivity contribution in [3.8, 4) is 0 Å². The van der Waals surface area contributed by atoms with Gasteiger partial charge < -0.3 is 9.47 Å². The maximum absolute atomic E-state index is 12.8. The molecule has 2 aromatic rings. The number of carbonyl (C=O) groups excluding carboxylic acids is 1. The number of hydrogen-bond acceptors (Lipinski definition) is 3. The number of ether oxygens (including phenoxy) is 2. The zero-order valence-corrected chi connectivity index (χ0v) is 13.6. The first kappa shape index (κ1) is 15.9. The predicted molar refractivity (Wildman–Crippen MR) is 89.4 cm³/mol. The summed E-state index contributed by atoms with van der Waals surface area (Å²) < 4.78 is 11.9. The van der Waals surface area contributed by atoms with Gasteiger partial charge in [0.2, 0.25) is 0 Å². The van der Waals surface area contributed by atoms with E-state index >= 15 is 0 Å². The van der Waals surface area contributed by atoms with E-state index in [-0.39, 0.29) is 11.9 Å². The van der Waals surface area contributed by atoms with E-state index in [0.29, 0.717) is 5.56 Å². The summed E-state index contributed by atoms with van der Waals surface area (Å²) in [5, 5.41) is 0. The minimum atomic E-state index is -0.726. The summed E-state index contributed by atoms with van der Waals surface area (Å²) in [6, 6.07) is 19.5. The molecule has 3 heteroatoms. The molecule has 0 bridgehead atoms. The van der Waals surface area contributed by atoms with Crippen LogP contribution in [0.3, 0.4) is 0 Å². The van der Waals surface area contributed by atoms with Crippen molar-refractivity contribution in [1.29, 1.82) is 0 Å². The molecule has 0 saturated carbocycles. The first-order valence-electron chi connectivity index (χ1n) is 8.04. The molecular weight excluding hydrogens is 288 g/mol. The zero-order chi connectivity index (χ0) is 16.3. The number of aryl methyl sites for hydroxylation is 1. The summed E-state index contributed by atoms with van der Waals surface area (Å²) in [7, 11) is 0. The van der Waals surface area contributed by atoms with Crippen LogP contribution in [0.4, 0.5) is 0 Å². The van der Waals surface area contributed by atoms with Crippen molar-refractivity contribution in [3.05, 3.63) is 71.8 Å². The lowest BCUT2D eigenvalue weighted by Crippen LogP contribution is -2.32. The van der Waals surface area contributed by atoms with Gasteiger partial charge in [0, 0.05) is 5.56 Å². The van der Waals surface area contributed by atoms with Crippen LogP contribution in [-0.2, 0) is 15.9 Å². The van der Waals surface area contributed by atoms with Gasteiger partial charge in [-0.15, -0.1) is 0 Å². The first-order chi connectivity index (χ1) is 11.1. The van der Waals surface area contributed by atoms with E-state index in [2.05, 4.69) is 12.1 Å². The maximum atomic E-state index is 12.8. The van der Waals surface area contributed by atoms with Crippen molar-refractivity contribution >= 4 is 5.78 Å². The smallest absolute Gasteiger partial charge is 0.194 e. The van der Waals surface area contributed by atoms with E-state index in [4.69, 9.17) is 9.47 Å². The summed E-state index contributed by atoms with van der Waals surface area (Å²) in [4.78, 5) is 12.8. The number of carbonyl (C=O) groups is 1. The fourth-order valence-corrected chi connectivity index (χ4v) is 2.99. The molecule has 1 aliphatic heterocycles. The Morgan fingerprint density at radius 2 is 1.57 bits per heavy atom. The average molecular weight is 310 g/mol. The van der Waals surface area contributed by atoms with Crippen LogP contribution in [0.5, 0.6) is 0 Å². The molecule has 0 amide bonds. The largest absolute Gasteiger partial charge is 0.344 e. The van der Waals surface area contributed by atoms with Gasteiger partial charge in [0.05, 0.1) is 6.10 Å². The number of benzene rings is 2. The van der Waals surface area contributed by atoms with Gasteiger partial charge in [-0.25, -0.2) is 0 Å². The Hall–Kier alpha value is -1.97. The van der Waals surface area contributed by atoms with Crippen molar-refractivity contribution in [2.45, 2.75) is 44.7 Å². The number of ketones is 1. The van der Waals surface area contributed by atoms with Crippen LogP contribution in [-0.4, -0.2) is 23.8 Å². The molecular formula is C20H22O3.